The van der Waals surface area contributed by atoms with Gasteiger partial charge in [-0.3, -0.25) is 14.5 Å². The summed E-state index contributed by atoms with van der Waals surface area (Å²) in [7, 11) is 1.57. The number of aliphatic imine (C=N–C) groups is 1. The molecule has 1 aliphatic heterocycles. The number of anilines is 1. The molecule has 1 atom stereocenters. The number of carbonyl (C=O) groups is 2. The molecule has 0 saturated carbocycles. The van der Waals surface area contributed by atoms with Crippen molar-refractivity contribution in [2.75, 3.05) is 25.2 Å². The Bertz CT molecular complexity index is 1220. The molecule has 0 bridgehead atoms. The summed E-state index contributed by atoms with van der Waals surface area (Å²) >= 11 is 1.29. The van der Waals surface area contributed by atoms with Crippen molar-refractivity contribution >= 4 is 40.0 Å². The molecule has 1 fully saturated rings. The summed E-state index contributed by atoms with van der Waals surface area (Å²) < 4.78 is 16.2. The highest BCUT2D eigenvalue weighted by Crippen LogP contribution is 2.36. The van der Waals surface area contributed by atoms with Crippen molar-refractivity contribution in [1.29, 1.82) is 0 Å². The number of methoxy groups -OCH3 is 1. The van der Waals surface area contributed by atoms with Gasteiger partial charge in [0.1, 0.15) is 17.2 Å². The van der Waals surface area contributed by atoms with Gasteiger partial charge >= 0.3 is 0 Å². The lowest BCUT2D eigenvalue weighted by atomic mass is 10.1. The van der Waals surface area contributed by atoms with E-state index in [1.54, 1.807) is 36.3 Å². The number of ether oxygens (including phenoxy) is 3. The molecule has 3 aromatic carbocycles. The summed E-state index contributed by atoms with van der Waals surface area (Å²) in [6, 6.07) is 21.6. The number of Topliss-reactive ketones (excluding diaryl/α,β-unsaturated/α-hetero) is 1. The first kappa shape index (κ1) is 25.3. The molecule has 4 rings (SSSR count). The Kier molecular flexibility index (Phi) is 8.28. The Morgan fingerprint density at radius 2 is 1.42 bits per heavy atom. The van der Waals surface area contributed by atoms with E-state index in [1.165, 1.54) is 11.8 Å². The lowest BCUT2D eigenvalue weighted by molar-refractivity contribution is -0.116. The SMILES string of the molecule is CCOc1ccc(N=C2S[C@H](CC(=O)c3ccc(OC)cc3)C(=O)N2c2ccc(OCC)cc2)cc1. The molecule has 1 saturated heterocycles. The Morgan fingerprint density at radius 1 is 0.861 bits per heavy atom. The van der Waals surface area contributed by atoms with Crippen molar-refractivity contribution in [3.8, 4) is 17.2 Å². The van der Waals surface area contributed by atoms with Gasteiger partial charge in [0, 0.05) is 12.0 Å². The van der Waals surface area contributed by atoms with E-state index in [-0.39, 0.29) is 18.1 Å². The van der Waals surface area contributed by atoms with Crippen LogP contribution in [0.2, 0.25) is 0 Å². The van der Waals surface area contributed by atoms with Crippen LogP contribution in [0.25, 0.3) is 0 Å². The van der Waals surface area contributed by atoms with Crippen molar-refractivity contribution < 1.29 is 23.8 Å². The minimum absolute atomic E-state index is 0.0612. The molecule has 36 heavy (non-hydrogen) atoms. The summed E-state index contributed by atoms with van der Waals surface area (Å²) in [5.41, 5.74) is 1.89. The normalized spacial score (nSPS) is 16.3. The summed E-state index contributed by atoms with van der Waals surface area (Å²) in [5.74, 6) is 1.84. The van der Waals surface area contributed by atoms with Crippen LogP contribution in [0.3, 0.4) is 0 Å². The standard InChI is InChI=1S/C28H28N2O5S/c1-4-34-23-14-8-20(9-15-23)29-28-30(21-10-16-24(17-11-21)35-5-2)27(32)26(36-28)18-25(31)19-6-12-22(33-3)13-7-19/h6-17,26H,4-5,18H2,1-3H3/t26-/m1/s1. The predicted octanol–water partition coefficient (Wildman–Crippen LogP) is 5.90. The van der Waals surface area contributed by atoms with Crippen molar-refractivity contribution in [1.82, 2.24) is 0 Å². The molecular weight excluding hydrogens is 476 g/mol. The number of benzene rings is 3. The smallest absolute Gasteiger partial charge is 0.247 e. The van der Waals surface area contributed by atoms with Crippen LogP contribution in [0, 0.1) is 0 Å². The molecule has 186 valence electrons. The molecule has 8 heteroatoms. The molecule has 0 aromatic heterocycles. The van der Waals surface area contributed by atoms with Gasteiger partial charge in [0.25, 0.3) is 0 Å². The average Bonchev–Trinajstić information content (AvgIpc) is 3.20. The predicted molar refractivity (Wildman–Crippen MR) is 143 cm³/mol. The minimum atomic E-state index is -0.590. The Hall–Kier alpha value is -3.78. The van der Waals surface area contributed by atoms with Gasteiger partial charge in [0.15, 0.2) is 11.0 Å². The first-order valence-corrected chi connectivity index (χ1v) is 12.6. The van der Waals surface area contributed by atoms with Crippen LogP contribution in [0.1, 0.15) is 30.6 Å². The maximum absolute atomic E-state index is 13.5. The van der Waals surface area contributed by atoms with Gasteiger partial charge in [0.2, 0.25) is 5.91 Å². The quantitative estimate of drug-likeness (QED) is 0.320. The van der Waals surface area contributed by atoms with Crippen LogP contribution >= 0.6 is 11.8 Å². The molecule has 0 N–H and O–H groups in total. The number of ketones is 1. The second kappa shape index (κ2) is 11.8. The Morgan fingerprint density at radius 3 is 1.97 bits per heavy atom. The number of carbonyl (C=O) groups excluding carboxylic acids is 2. The van der Waals surface area contributed by atoms with Crippen LogP contribution in [0.4, 0.5) is 11.4 Å². The van der Waals surface area contributed by atoms with Gasteiger partial charge in [-0.05, 0) is 86.6 Å². The van der Waals surface area contributed by atoms with Gasteiger partial charge in [0.05, 0.1) is 36.9 Å². The van der Waals surface area contributed by atoms with E-state index in [2.05, 4.69) is 0 Å². The van der Waals surface area contributed by atoms with E-state index in [0.717, 1.165) is 11.5 Å². The molecule has 0 aliphatic carbocycles. The van der Waals surface area contributed by atoms with Crippen molar-refractivity contribution in [2.45, 2.75) is 25.5 Å². The summed E-state index contributed by atoms with van der Waals surface area (Å²) in [4.78, 5) is 32.8. The molecule has 0 unspecified atom stereocenters. The van der Waals surface area contributed by atoms with Crippen LogP contribution < -0.4 is 19.1 Å². The summed E-state index contributed by atoms with van der Waals surface area (Å²) in [5, 5.41) is -0.0755. The highest BCUT2D eigenvalue weighted by atomic mass is 32.2. The zero-order chi connectivity index (χ0) is 25.5. The van der Waals surface area contributed by atoms with Crippen molar-refractivity contribution in [2.24, 2.45) is 4.99 Å². The van der Waals surface area contributed by atoms with Crippen LogP contribution in [-0.4, -0.2) is 42.4 Å². The Labute approximate surface area is 215 Å². The van der Waals surface area contributed by atoms with Gasteiger partial charge in [-0.25, -0.2) is 4.99 Å². The maximum Gasteiger partial charge on any atom is 0.247 e. The second-order valence-corrected chi connectivity index (χ2v) is 9.05. The molecule has 3 aromatic rings. The lowest BCUT2D eigenvalue weighted by Gasteiger charge is -2.17. The summed E-state index contributed by atoms with van der Waals surface area (Å²) in [6.45, 7) is 4.98. The summed E-state index contributed by atoms with van der Waals surface area (Å²) in [6.07, 6.45) is 0.0612. The van der Waals surface area contributed by atoms with Gasteiger partial charge < -0.3 is 14.2 Å². The van der Waals surface area contributed by atoms with E-state index in [1.807, 2.05) is 62.4 Å². The number of nitrogens with zero attached hydrogens (tertiary/aromatic N) is 2. The number of thioether (sulfide) groups is 1. The van der Waals surface area contributed by atoms with Gasteiger partial charge in [-0.15, -0.1) is 0 Å². The van der Waals surface area contributed by atoms with Gasteiger partial charge in [-0.2, -0.15) is 0 Å². The van der Waals surface area contributed by atoms with E-state index in [9.17, 15) is 9.59 Å². The lowest BCUT2D eigenvalue weighted by Crippen LogP contribution is -2.32. The van der Waals surface area contributed by atoms with Crippen LogP contribution in [0.15, 0.2) is 77.8 Å². The largest absolute Gasteiger partial charge is 0.497 e. The zero-order valence-corrected chi connectivity index (χ0v) is 21.3. The average molecular weight is 505 g/mol. The molecule has 1 heterocycles. The number of amidine groups is 1. The Balaban J connectivity index is 1.61. The van der Waals surface area contributed by atoms with Crippen LogP contribution in [-0.2, 0) is 4.79 Å². The van der Waals surface area contributed by atoms with Crippen molar-refractivity contribution in [3.05, 3.63) is 78.4 Å². The fourth-order valence-corrected chi connectivity index (χ4v) is 4.88. The number of amides is 1. The maximum atomic E-state index is 13.5. The third-order valence-corrected chi connectivity index (χ3v) is 6.63. The van der Waals surface area contributed by atoms with Crippen LogP contribution in [0.5, 0.6) is 17.2 Å². The minimum Gasteiger partial charge on any atom is -0.497 e. The fraction of sp³-hybridized carbons (Fsp3) is 0.250. The molecule has 0 spiro atoms. The van der Waals surface area contributed by atoms with E-state index < -0.39 is 5.25 Å². The van der Waals surface area contributed by atoms with Gasteiger partial charge in [-0.1, -0.05) is 11.8 Å². The molecular formula is C28H28N2O5S. The van der Waals surface area contributed by atoms with E-state index in [0.29, 0.717) is 41.1 Å². The topological polar surface area (TPSA) is 77.4 Å². The third-order valence-electron chi connectivity index (χ3n) is 5.50. The number of rotatable bonds is 10. The molecule has 0 radical (unpaired) electrons. The molecule has 7 nitrogen and oxygen atoms in total. The molecule has 1 aliphatic rings. The third kappa shape index (κ3) is 5.88. The highest BCUT2D eigenvalue weighted by Gasteiger charge is 2.40. The number of hydrogen-bond donors (Lipinski definition) is 0. The van der Waals surface area contributed by atoms with E-state index >= 15 is 0 Å². The first-order valence-electron chi connectivity index (χ1n) is 11.7. The van der Waals surface area contributed by atoms with E-state index in [4.69, 9.17) is 19.2 Å². The molecule has 1 amide bonds. The second-order valence-electron chi connectivity index (χ2n) is 7.88. The fourth-order valence-electron chi connectivity index (χ4n) is 3.73. The first-order chi connectivity index (χ1) is 17.5. The monoisotopic (exact) mass is 504 g/mol. The van der Waals surface area contributed by atoms with Crippen molar-refractivity contribution in [3.63, 3.8) is 0 Å². The zero-order valence-electron chi connectivity index (χ0n) is 20.5. The number of hydrogen-bond acceptors (Lipinski definition) is 7. The highest BCUT2D eigenvalue weighted by molar-refractivity contribution is 8.16.